The van der Waals surface area contributed by atoms with E-state index in [2.05, 4.69) is 44.2 Å². The van der Waals surface area contributed by atoms with Gasteiger partial charge in [-0.3, -0.25) is 0 Å². The second-order valence-electron chi connectivity index (χ2n) is 3.79. The summed E-state index contributed by atoms with van der Waals surface area (Å²) in [5, 5.41) is 8.27. The minimum absolute atomic E-state index is 0.766. The Morgan fingerprint density at radius 1 is 1.24 bits per heavy atom. The molecule has 0 saturated heterocycles. The van der Waals surface area contributed by atoms with Gasteiger partial charge in [-0.2, -0.15) is 0 Å². The fraction of sp³-hybridized carbons (Fsp3) is 0.0833. The van der Waals surface area contributed by atoms with Gasteiger partial charge >= 0.3 is 0 Å². The molecule has 2 aromatic heterocycles. The van der Waals surface area contributed by atoms with Crippen molar-refractivity contribution in [3.8, 4) is 11.3 Å². The Labute approximate surface area is 106 Å². The standard InChI is InChI=1S/C12H9BrN4/c1-8-4-2-3-5-10(8)11-12-14-6-9(13)7-17(12)16-15-11/h2-7H,1H3. The molecule has 2 heterocycles. The molecule has 3 aromatic rings. The molecule has 0 N–H and O–H groups in total. The minimum Gasteiger partial charge on any atom is -0.234 e. The number of hydrogen-bond acceptors (Lipinski definition) is 3. The molecule has 3 rings (SSSR count). The highest BCUT2D eigenvalue weighted by Gasteiger charge is 2.11. The fourth-order valence-corrected chi connectivity index (χ4v) is 2.08. The third-order valence-electron chi connectivity index (χ3n) is 2.63. The third kappa shape index (κ3) is 1.72. The molecule has 4 nitrogen and oxygen atoms in total. The van der Waals surface area contributed by atoms with Crippen LogP contribution in [0, 0.1) is 6.92 Å². The SMILES string of the molecule is Cc1ccccc1-c1nnn2cc(Br)cnc12. The van der Waals surface area contributed by atoms with E-state index in [0.717, 1.165) is 21.4 Å². The highest BCUT2D eigenvalue weighted by atomic mass is 79.9. The molecule has 1 aromatic carbocycles. The van der Waals surface area contributed by atoms with Gasteiger partial charge in [0, 0.05) is 18.0 Å². The molecule has 0 bridgehead atoms. The maximum atomic E-state index is 4.35. The van der Waals surface area contributed by atoms with E-state index in [1.54, 1.807) is 10.7 Å². The first-order chi connectivity index (χ1) is 8.25. The Bertz CT molecular complexity index is 690. The Morgan fingerprint density at radius 2 is 2.06 bits per heavy atom. The summed E-state index contributed by atoms with van der Waals surface area (Å²) in [6.45, 7) is 2.05. The summed E-state index contributed by atoms with van der Waals surface area (Å²) >= 11 is 3.36. The van der Waals surface area contributed by atoms with Crippen molar-refractivity contribution >= 4 is 21.6 Å². The molecule has 0 amide bonds. The third-order valence-corrected chi connectivity index (χ3v) is 3.04. The van der Waals surface area contributed by atoms with Crippen LogP contribution in [0.4, 0.5) is 0 Å². The van der Waals surface area contributed by atoms with E-state index in [0.29, 0.717) is 0 Å². The van der Waals surface area contributed by atoms with Gasteiger partial charge in [-0.05, 0) is 28.4 Å². The first-order valence-corrected chi connectivity index (χ1v) is 5.97. The summed E-state index contributed by atoms with van der Waals surface area (Å²) < 4.78 is 2.55. The van der Waals surface area contributed by atoms with Crippen LogP contribution in [0.2, 0.25) is 0 Å². The number of fused-ring (bicyclic) bond motifs is 1. The van der Waals surface area contributed by atoms with Crippen molar-refractivity contribution in [2.45, 2.75) is 6.92 Å². The number of halogens is 1. The Kier molecular flexibility index (Phi) is 2.40. The first-order valence-electron chi connectivity index (χ1n) is 5.18. The average Bonchev–Trinajstić information content (AvgIpc) is 2.72. The van der Waals surface area contributed by atoms with Crippen LogP contribution in [0.15, 0.2) is 41.1 Å². The number of aromatic nitrogens is 4. The van der Waals surface area contributed by atoms with E-state index < -0.39 is 0 Å². The Hall–Kier alpha value is -1.75. The molecule has 0 fully saturated rings. The van der Waals surface area contributed by atoms with Gasteiger partial charge in [-0.15, -0.1) is 5.10 Å². The molecule has 0 atom stereocenters. The Morgan fingerprint density at radius 3 is 2.88 bits per heavy atom. The molecular weight excluding hydrogens is 280 g/mol. The molecule has 0 aliphatic carbocycles. The lowest BCUT2D eigenvalue weighted by Crippen LogP contribution is -1.90. The zero-order valence-corrected chi connectivity index (χ0v) is 10.7. The number of benzene rings is 1. The largest absolute Gasteiger partial charge is 0.234 e. The fourth-order valence-electron chi connectivity index (χ4n) is 1.78. The van der Waals surface area contributed by atoms with Crippen LogP contribution in [0.25, 0.3) is 16.9 Å². The number of rotatable bonds is 1. The lowest BCUT2D eigenvalue weighted by atomic mass is 10.1. The molecule has 5 heteroatoms. The molecule has 0 aliphatic heterocycles. The summed E-state index contributed by atoms with van der Waals surface area (Å²) in [6, 6.07) is 8.09. The van der Waals surface area contributed by atoms with Crippen molar-refractivity contribution in [3.63, 3.8) is 0 Å². The van der Waals surface area contributed by atoms with Crippen LogP contribution < -0.4 is 0 Å². The number of nitrogens with zero attached hydrogens (tertiary/aromatic N) is 4. The topological polar surface area (TPSA) is 43.1 Å². The van der Waals surface area contributed by atoms with Gasteiger partial charge in [0.05, 0.1) is 4.47 Å². The normalized spacial score (nSPS) is 10.9. The lowest BCUT2D eigenvalue weighted by molar-refractivity contribution is 0.844. The quantitative estimate of drug-likeness (QED) is 0.692. The van der Waals surface area contributed by atoms with E-state index in [1.165, 1.54) is 5.56 Å². The highest BCUT2D eigenvalue weighted by Crippen LogP contribution is 2.24. The van der Waals surface area contributed by atoms with Gasteiger partial charge in [0.25, 0.3) is 0 Å². The van der Waals surface area contributed by atoms with Gasteiger partial charge in [0.2, 0.25) is 0 Å². The van der Waals surface area contributed by atoms with Gasteiger partial charge in [0.1, 0.15) is 5.69 Å². The maximum absolute atomic E-state index is 4.35. The van der Waals surface area contributed by atoms with E-state index >= 15 is 0 Å². The zero-order chi connectivity index (χ0) is 11.8. The zero-order valence-electron chi connectivity index (χ0n) is 9.13. The molecule has 0 aliphatic rings. The van der Waals surface area contributed by atoms with Crippen LogP contribution >= 0.6 is 15.9 Å². The first kappa shape index (κ1) is 10.4. The summed E-state index contributed by atoms with van der Waals surface area (Å²) in [5.41, 5.74) is 3.81. The van der Waals surface area contributed by atoms with Crippen molar-refractivity contribution < 1.29 is 0 Å². The van der Waals surface area contributed by atoms with E-state index in [4.69, 9.17) is 0 Å². The minimum atomic E-state index is 0.766. The monoisotopic (exact) mass is 288 g/mol. The molecule has 17 heavy (non-hydrogen) atoms. The number of aryl methyl sites for hydroxylation is 1. The van der Waals surface area contributed by atoms with E-state index in [9.17, 15) is 0 Å². The lowest BCUT2D eigenvalue weighted by Gasteiger charge is -2.01. The highest BCUT2D eigenvalue weighted by molar-refractivity contribution is 9.10. The van der Waals surface area contributed by atoms with Gasteiger partial charge < -0.3 is 0 Å². The molecule has 84 valence electrons. The number of hydrogen-bond donors (Lipinski definition) is 0. The van der Waals surface area contributed by atoms with E-state index in [-0.39, 0.29) is 0 Å². The summed E-state index contributed by atoms with van der Waals surface area (Å²) in [5.74, 6) is 0. The molecule has 0 radical (unpaired) electrons. The molecule has 0 spiro atoms. The predicted molar refractivity (Wildman–Crippen MR) is 68.7 cm³/mol. The van der Waals surface area contributed by atoms with Crippen LogP contribution in [0.5, 0.6) is 0 Å². The second kappa shape index (κ2) is 3.92. The molecule has 0 unspecified atom stereocenters. The molecular formula is C12H9BrN4. The Balaban J connectivity index is 2.29. The summed E-state index contributed by atoms with van der Waals surface area (Å²) in [7, 11) is 0. The van der Waals surface area contributed by atoms with Crippen molar-refractivity contribution in [3.05, 3.63) is 46.7 Å². The van der Waals surface area contributed by atoms with Crippen LogP contribution in [0.1, 0.15) is 5.56 Å². The predicted octanol–water partition coefficient (Wildman–Crippen LogP) is 2.86. The van der Waals surface area contributed by atoms with Gasteiger partial charge in [-0.1, -0.05) is 29.5 Å². The van der Waals surface area contributed by atoms with Crippen LogP contribution in [0.3, 0.4) is 0 Å². The van der Waals surface area contributed by atoms with Crippen molar-refractivity contribution in [1.82, 2.24) is 19.8 Å². The van der Waals surface area contributed by atoms with Crippen LogP contribution in [-0.4, -0.2) is 19.8 Å². The second-order valence-corrected chi connectivity index (χ2v) is 4.71. The van der Waals surface area contributed by atoms with Crippen LogP contribution in [-0.2, 0) is 0 Å². The summed E-state index contributed by atoms with van der Waals surface area (Å²) in [4.78, 5) is 4.35. The molecule has 0 saturated carbocycles. The average molecular weight is 289 g/mol. The van der Waals surface area contributed by atoms with Gasteiger partial charge in [-0.25, -0.2) is 9.50 Å². The van der Waals surface area contributed by atoms with Crippen molar-refractivity contribution in [2.24, 2.45) is 0 Å². The maximum Gasteiger partial charge on any atom is 0.183 e. The van der Waals surface area contributed by atoms with Crippen molar-refractivity contribution in [1.29, 1.82) is 0 Å². The van der Waals surface area contributed by atoms with E-state index in [1.807, 2.05) is 24.4 Å². The smallest absolute Gasteiger partial charge is 0.183 e. The van der Waals surface area contributed by atoms with Gasteiger partial charge in [0.15, 0.2) is 5.65 Å². The van der Waals surface area contributed by atoms with Crippen molar-refractivity contribution in [2.75, 3.05) is 0 Å². The summed E-state index contributed by atoms with van der Waals surface area (Å²) in [6.07, 6.45) is 3.59.